The molecule has 0 aliphatic heterocycles. The van der Waals surface area contributed by atoms with Crippen LogP contribution in [-0.2, 0) is 13.0 Å². The van der Waals surface area contributed by atoms with E-state index in [0.717, 1.165) is 19.2 Å². The van der Waals surface area contributed by atoms with Gasteiger partial charge in [-0.15, -0.1) is 0 Å². The molecule has 0 unspecified atom stereocenters. The fourth-order valence-corrected chi connectivity index (χ4v) is 4.39. The predicted molar refractivity (Wildman–Crippen MR) is 143 cm³/mol. The maximum atomic E-state index is 13.0. The van der Waals surface area contributed by atoms with E-state index in [4.69, 9.17) is 9.84 Å². The van der Waals surface area contributed by atoms with Gasteiger partial charge in [-0.25, -0.2) is 9.78 Å². The number of carboxylic acid groups (broad SMARTS) is 1. The average Bonchev–Trinajstić information content (AvgIpc) is 2.83. The molecule has 1 heterocycles. The first kappa shape index (κ1) is 24.1. The first-order chi connectivity index (χ1) is 16.4. The SMILES string of the molecule is CCc1nc2ccc(Br)cc2c(=O)n1N=Cc1ccc(OCc2cccc(C(=O)O)c2)c(I)c1. The van der Waals surface area contributed by atoms with Crippen molar-refractivity contribution < 1.29 is 14.6 Å². The van der Waals surface area contributed by atoms with E-state index in [1.165, 1.54) is 4.68 Å². The van der Waals surface area contributed by atoms with Crippen molar-refractivity contribution in [3.63, 3.8) is 0 Å². The molecule has 0 saturated heterocycles. The Morgan fingerprint density at radius 3 is 2.76 bits per heavy atom. The second kappa shape index (κ2) is 10.5. The third-order valence-electron chi connectivity index (χ3n) is 5.04. The summed E-state index contributed by atoms with van der Waals surface area (Å²) in [4.78, 5) is 28.7. The molecule has 0 amide bonds. The smallest absolute Gasteiger partial charge is 0.335 e. The summed E-state index contributed by atoms with van der Waals surface area (Å²) < 4.78 is 8.88. The molecule has 9 heteroatoms. The number of nitrogens with zero attached hydrogens (tertiary/aromatic N) is 3. The van der Waals surface area contributed by atoms with E-state index in [2.05, 4.69) is 48.6 Å². The summed E-state index contributed by atoms with van der Waals surface area (Å²) in [5.41, 5.74) is 2.20. The second-order valence-electron chi connectivity index (χ2n) is 7.39. The normalized spacial score (nSPS) is 11.3. The van der Waals surface area contributed by atoms with Crippen molar-refractivity contribution >= 4 is 61.6 Å². The van der Waals surface area contributed by atoms with Crippen molar-refractivity contribution in [1.29, 1.82) is 0 Å². The molecule has 34 heavy (non-hydrogen) atoms. The van der Waals surface area contributed by atoms with Gasteiger partial charge in [0.05, 0.1) is 26.3 Å². The molecular formula is C25H19BrIN3O4. The van der Waals surface area contributed by atoms with Gasteiger partial charge in [0.2, 0.25) is 0 Å². The number of hydrogen-bond donors (Lipinski definition) is 1. The second-order valence-corrected chi connectivity index (χ2v) is 9.47. The lowest BCUT2D eigenvalue weighted by atomic mass is 10.1. The fourth-order valence-electron chi connectivity index (χ4n) is 3.34. The monoisotopic (exact) mass is 631 g/mol. The Balaban J connectivity index is 1.56. The van der Waals surface area contributed by atoms with Gasteiger partial charge in [0, 0.05) is 10.9 Å². The number of carboxylic acids is 1. The maximum absolute atomic E-state index is 13.0. The van der Waals surface area contributed by atoms with Crippen LogP contribution in [0, 0.1) is 3.57 Å². The van der Waals surface area contributed by atoms with Crippen molar-refractivity contribution in [2.45, 2.75) is 20.0 Å². The standard InChI is InChI=1S/C25H19BrIN3O4/c1-2-23-29-21-8-7-18(26)12-19(21)24(31)30(23)28-13-15-6-9-22(20(27)11-15)34-14-16-4-3-5-17(10-16)25(32)33/h3-13H,2,14H2,1H3,(H,32,33). The highest BCUT2D eigenvalue weighted by Gasteiger charge is 2.10. The largest absolute Gasteiger partial charge is 0.488 e. The number of halogens is 2. The average molecular weight is 632 g/mol. The van der Waals surface area contributed by atoms with Gasteiger partial charge in [0.1, 0.15) is 18.2 Å². The molecule has 0 aliphatic carbocycles. The topological polar surface area (TPSA) is 93.8 Å². The number of aromatic carboxylic acids is 1. The molecular weight excluding hydrogens is 613 g/mol. The minimum atomic E-state index is -0.973. The number of hydrogen-bond acceptors (Lipinski definition) is 5. The zero-order chi connectivity index (χ0) is 24.2. The summed E-state index contributed by atoms with van der Waals surface area (Å²) in [5, 5.41) is 14.0. The van der Waals surface area contributed by atoms with Crippen LogP contribution in [0.5, 0.6) is 5.75 Å². The van der Waals surface area contributed by atoms with Crippen LogP contribution < -0.4 is 10.3 Å². The molecule has 0 saturated carbocycles. The van der Waals surface area contributed by atoms with Crippen LogP contribution in [0.25, 0.3) is 10.9 Å². The first-order valence-electron chi connectivity index (χ1n) is 10.4. The Hall–Kier alpha value is -3.05. The van der Waals surface area contributed by atoms with Gasteiger partial charge in [-0.3, -0.25) is 4.79 Å². The highest BCUT2D eigenvalue weighted by Crippen LogP contribution is 2.23. The van der Waals surface area contributed by atoms with Crippen LogP contribution in [0.3, 0.4) is 0 Å². The molecule has 1 N–H and O–H groups in total. The quantitative estimate of drug-likeness (QED) is 0.215. The van der Waals surface area contributed by atoms with Gasteiger partial charge >= 0.3 is 5.97 Å². The van der Waals surface area contributed by atoms with Gasteiger partial charge in [-0.1, -0.05) is 35.0 Å². The van der Waals surface area contributed by atoms with E-state index < -0.39 is 5.97 Å². The Morgan fingerprint density at radius 2 is 2.03 bits per heavy atom. The number of carbonyl (C=O) groups is 1. The number of aryl methyl sites for hydroxylation is 1. The van der Waals surface area contributed by atoms with E-state index in [1.54, 1.807) is 30.5 Å². The lowest BCUT2D eigenvalue weighted by Crippen LogP contribution is -2.22. The summed E-state index contributed by atoms with van der Waals surface area (Å²) >= 11 is 5.57. The van der Waals surface area contributed by atoms with E-state index in [9.17, 15) is 9.59 Å². The third kappa shape index (κ3) is 5.36. The van der Waals surface area contributed by atoms with Gasteiger partial charge in [0.25, 0.3) is 5.56 Å². The van der Waals surface area contributed by atoms with Crippen molar-refractivity contribution in [3.8, 4) is 5.75 Å². The van der Waals surface area contributed by atoms with E-state index in [-0.39, 0.29) is 17.7 Å². The summed E-state index contributed by atoms with van der Waals surface area (Å²) in [6.45, 7) is 2.18. The summed E-state index contributed by atoms with van der Waals surface area (Å²) in [7, 11) is 0. The van der Waals surface area contributed by atoms with Crippen LogP contribution in [0.2, 0.25) is 0 Å². The Kier molecular flexibility index (Phi) is 7.42. The molecule has 4 aromatic rings. The molecule has 0 aliphatic rings. The third-order valence-corrected chi connectivity index (χ3v) is 6.37. The van der Waals surface area contributed by atoms with Crippen LogP contribution in [-0.4, -0.2) is 27.0 Å². The lowest BCUT2D eigenvalue weighted by molar-refractivity contribution is 0.0696. The van der Waals surface area contributed by atoms with E-state index >= 15 is 0 Å². The van der Waals surface area contributed by atoms with Crippen LogP contribution >= 0.6 is 38.5 Å². The molecule has 0 radical (unpaired) electrons. The highest BCUT2D eigenvalue weighted by molar-refractivity contribution is 14.1. The number of rotatable bonds is 7. The van der Waals surface area contributed by atoms with Gasteiger partial charge in [-0.05, 0) is 82.2 Å². The number of ether oxygens (including phenoxy) is 1. The van der Waals surface area contributed by atoms with Crippen LogP contribution in [0.4, 0.5) is 0 Å². The molecule has 0 spiro atoms. The molecule has 3 aromatic carbocycles. The van der Waals surface area contributed by atoms with E-state index in [0.29, 0.717) is 28.9 Å². The van der Waals surface area contributed by atoms with Gasteiger partial charge < -0.3 is 9.84 Å². The Labute approximate surface area is 217 Å². The molecule has 7 nitrogen and oxygen atoms in total. The van der Waals surface area contributed by atoms with Crippen LogP contribution in [0.15, 0.2) is 75.0 Å². The molecule has 0 fully saturated rings. The van der Waals surface area contributed by atoms with Gasteiger partial charge in [-0.2, -0.15) is 9.78 Å². The summed E-state index contributed by atoms with van der Waals surface area (Å²) in [6.07, 6.45) is 2.18. The minimum absolute atomic E-state index is 0.222. The molecule has 0 bridgehead atoms. The minimum Gasteiger partial charge on any atom is -0.488 e. The molecule has 1 aromatic heterocycles. The number of benzene rings is 3. The van der Waals surface area contributed by atoms with Crippen LogP contribution in [0.1, 0.15) is 34.2 Å². The highest BCUT2D eigenvalue weighted by atomic mass is 127. The van der Waals surface area contributed by atoms with Gasteiger partial charge in [0.15, 0.2) is 0 Å². The zero-order valence-corrected chi connectivity index (χ0v) is 21.8. The lowest BCUT2D eigenvalue weighted by Gasteiger charge is -2.10. The van der Waals surface area contributed by atoms with Crippen molar-refractivity contribution in [2.24, 2.45) is 5.10 Å². The molecule has 0 atom stereocenters. The molecule has 172 valence electrons. The molecule has 4 rings (SSSR count). The summed E-state index contributed by atoms with van der Waals surface area (Å²) in [5.74, 6) is 0.274. The Bertz CT molecular complexity index is 1480. The van der Waals surface area contributed by atoms with Crippen molar-refractivity contribution in [3.05, 3.63) is 102 Å². The number of aromatic nitrogens is 2. The number of fused-ring (bicyclic) bond motifs is 1. The Morgan fingerprint density at radius 1 is 1.21 bits per heavy atom. The van der Waals surface area contributed by atoms with Crippen molar-refractivity contribution in [2.75, 3.05) is 0 Å². The maximum Gasteiger partial charge on any atom is 0.335 e. The van der Waals surface area contributed by atoms with Crippen molar-refractivity contribution in [1.82, 2.24) is 9.66 Å². The predicted octanol–water partition coefficient (Wildman–Crippen LogP) is 5.49. The van der Waals surface area contributed by atoms with E-state index in [1.807, 2.05) is 43.3 Å². The fraction of sp³-hybridized carbons (Fsp3) is 0.120. The summed E-state index contributed by atoms with van der Waals surface area (Å²) in [6, 6.07) is 17.6. The zero-order valence-electron chi connectivity index (χ0n) is 18.0. The first-order valence-corrected chi connectivity index (χ1v) is 12.2.